The first-order valence-electron chi connectivity index (χ1n) is 7.48. The summed E-state index contributed by atoms with van der Waals surface area (Å²) in [6, 6.07) is 12.7. The third-order valence-electron chi connectivity index (χ3n) is 3.26. The van der Waals surface area contributed by atoms with Gasteiger partial charge < -0.3 is 10.1 Å². The second-order valence-electron chi connectivity index (χ2n) is 5.27. The normalized spacial score (nSPS) is 10.4. The smallest absolute Gasteiger partial charge is 0.316 e. The lowest BCUT2D eigenvalue weighted by Gasteiger charge is -2.08. The van der Waals surface area contributed by atoms with Crippen LogP contribution in [0.15, 0.2) is 42.5 Å². The van der Waals surface area contributed by atoms with Gasteiger partial charge in [-0.1, -0.05) is 47.5 Å². The highest BCUT2D eigenvalue weighted by Crippen LogP contribution is 2.24. The van der Waals surface area contributed by atoms with Gasteiger partial charge in [0.1, 0.15) is 0 Å². The molecule has 0 aliphatic rings. The molecule has 0 unspecified atom stereocenters. The number of benzene rings is 2. The number of ether oxygens (including phenoxy) is 1. The van der Waals surface area contributed by atoms with E-state index in [0.717, 1.165) is 11.1 Å². The van der Waals surface area contributed by atoms with Crippen LogP contribution in [-0.2, 0) is 20.1 Å². The van der Waals surface area contributed by atoms with Crippen molar-refractivity contribution in [3.8, 4) is 0 Å². The van der Waals surface area contributed by atoms with Crippen molar-refractivity contribution in [1.82, 2.24) is 0 Å². The fourth-order valence-corrected chi connectivity index (χ4v) is 3.06. The first-order valence-corrected chi connectivity index (χ1v) is 9.39. The third kappa shape index (κ3) is 6.61. The van der Waals surface area contributed by atoms with Crippen molar-refractivity contribution in [1.29, 1.82) is 0 Å². The van der Waals surface area contributed by atoms with Crippen molar-refractivity contribution < 1.29 is 14.3 Å². The lowest BCUT2D eigenvalue weighted by Crippen LogP contribution is -2.22. The van der Waals surface area contributed by atoms with Gasteiger partial charge in [0.25, 0.3) is 5.91 Å². The summed E-state index contributed by atoms with van der Waals surface area (Å²) in [5, 5.41) is 3.69. The Morgan fingerprint density at radius 1 is 1.12 bits per heavy atom. The minimum atomic E-state index is -0.440. The Morgan fingerprint density at radius 2 is 1.88 bits per heavy atom. The summed E-state index contributed by atoms with van der Waals surface area (Å²) >= 11 is 13.2. The number of halogens is 2. The molecule has 7 heteroatoms. The van der Waals surface area contributed by atoms with E-state index >= 15 is 0 Å². The number of carbonyl (C=O) groups excluding carboxylic acids is 2. The van der Waals surface area contributed by atoms with E-state index in [4.69, 9.17) is 27.9 Å². The molecule has 0 heterocycles. The van der Waals surface area contributed by atoms with Gasteiger partial charge in [0.05, 0.1) is 15.8 Å². The molecule has 132 valence electrons. The molecule has 0 aliphatic heterocycles. The van der Waals surface area contributed by atoms with E-state index < -0.39 is 5.97 Å². The van der Waals surface area contributed by atoms with Gasteiger partial charge in [-0.25, -0.2) is 0 Å². The lowest BCUT2D eigenvalue weighted by molar-refractivity contribution is -0.144. The lowest BCUT2D eigenvalue weighted by atomic mass is 10.2. The van der Waals surface area contributed by atoms with Crippen molar-refractivity contribution >= 4 is 52.5 Å². The number of esters is 1. The molecule has 4 nitrogen and oxygen atoms in total. The number of rotatable bonds is 7. The third-order valence-corrected chi connectivity index (χ3v) is 4.97. The fourth-order valence-electron chi connectivity index (χ4n) is 1.97. The van der Waals surface area contributed by atoms with Gasteiger partial charge in [-0.05, 0) is 36.2 Å². The predicted molar refractivity (Wildman–Crippen MR) is 103 cm³/mol. The highest BCUT2D eigenvalue weighted by atomic mass is 35.5. The number of anilines is 1. The van der Waals surface area contributed by atoms with Gasteiger partial charge in [-0.3, -0.25) is 9.59 Å². The largest absolute Gasteiger partial charge is 0.455 e. The molecule has 0 aliphatic carbocycles. The Bertz CT molecular complexity index is 768. The summed E-state index contributed by atoms with van der Waals surface area (Å²) < 4.78 is 4.98. The zero-order valence-corrected chi connectivity index (χ0v) is 15.9. The Morgan fingerprint density at radius 3 is 2.60 bits per heavy atom. The topological polar surface area (TPSA) is 55.4 Å². The molecular weight excluding hydrogens is 381 g/mol. The molecule has 1 amide bonds. The van der Waals surface area contributed by atoms with Crippen LogP contribution in [0.1, 0.15) is 11.1 Å². The van der Waals surface area contributed by atoms with Crippen LogP contribution in [0.5, 0.6) is 0 Å². The summed E-state index contributed by atoms with van der Waals surface area (Å²) in [5.74, 6) is -0.0543. The summed E-state index contributed by atoms with van der Waals surface area (Å²) in [7, 11) is 0. The van der Waals surface area contributed by atoms with Crippen LogP contribution in [0, 0.1) is 6.92 Å². The summed E-state index contributed by atoms with van der Waals surface area (Å²) in [6.45, 7) is 1.59. The Kier molecular flexibility index (Phi) is 7.62. The van der Waals surface area contributed by atoms with Gasteiger partial charge in [0.2, 0.25) is 0 Å². The van der Waals surface area contributed by atoms with E-state index in [1.807, 2.05) is 31.2 Å². The molecule has 0 fully saturated rings. The number of aryl methyl sites for hydroxylation is 1. The Labute approximate surface area is 160 Å². The molecule has 0 saturated carbocycles. The van der Waals surface area contributed by atoms with Crippen LogP contribution in [0.2, 0.25) is 10.0 Å². The average molecular weight is 398 g/mol. The maximum absolute atomic E-state index is 11.8. The molecule has 2 aromatic rings. The molecule has 0 saturated heterocycles. The van der Waals surface area contributed by atoms with Crippen LogP contribution in [-0.4, -0.2) is 24.2 Å². The molecule has 2 rings (SSSR count). The van der Waals surface area contributed by atoms with E-state index in [1.165, 1.54) is 11.8 Å². The van der Waals surface area contributed by atoms with Crippen LogP contribution in [0.25, 0.3) is 0 Å². The molecule has 0 spiro atoms. The van der Waals surface area contributed by atoms with E-state index in [-0.39, 0.29) is 18.3 Å². The molecule has 0 atom stereocenters. The van der Waals surface area contributed by atoms with Gasteiger partial charge in [-0.2, -0.15) is 0 Å². The molecule has 1 N–H and O–H groups in total. The van der Waals surface area contributed by atoms with E-state index in [2.05, 4.69) is 5.32 Å². The van der Waals surface area contributed by atoms with Crippen LogP contribution < -0.4 is 5.32 Å². The van der Waals surface area contributed by atoms with Crippen LogP contribution in [0.4, 0.5) is 5.69 Å². The fraction of sp³-hybridized carbons (Fsp3) is 0.222. The standard InChI is InChI=1S/C18H17Cl2NO3S/c1-12-4-2-3-5-16(12)21-17(22)9-24-18(23)11-25-10-13-6-7-14(19)15(20)8-13/h2-8H,9-11H2,1H3,(H,21,22). The number of carbonyl (C=O) groups is 2. The molecule has 0 aromatic heterocycles. The molecule has 0 bridgehead atoms. The van der Waals surface area contributed by atoms with E-state index in [0.29, 0.717) is 21.5 Å². The summed E-state index contributed by atoms with van der Waals surface area (Å²) in [5.41, 5.74) is 2.61. The van der Waals surface area contributed by atoms with Crippen molar-refractivity contribution in [2.45, 2.75) is 12.7 Å². The minimum absolute atomic E-state index is 0.151. The monoisotopic (exact) mass is 397 g/mol. The van der Waals surface area contributed by atoms with Gasteiger partial charge >= 0.3 is 5.97 Å². The van der Waals surface area contributed by atoms with Crippen molar-refractivity contribution in [2.24, 2.45) is 0 Å². The van der Waals surface area contributed by atoms with Crippen molar-refractivity contribution in [2.75, 3.05) is 17.7 Å². The number of nitrogens with one attached hydrogen (secondary N) is 1. The van der Waals surface area contributed by atoms with Crippen LogP contribution in [0.3, 0.4) is 0 Å². The highest BCUT2D eigenvalue weighted by Gasteiger charge is 2.09. The first-order chi connectivity index (χ1) is 12.0. The molecular formula is C18H17Cl2NO3S. The number of hydrogen-bond acceptors (Lipinski definition) is 4. The molecule has 2 aromatic carbocycles. The van der Waals surface area contributed by atoms with Crippen LogP contribution >= 0.6 is 35.0 Å². The Hall–Kier alpha value is -1.69. The average Bonchev–Trinajstić information content (AvgIpc) is 2.58. The molecule has 0 radical (unpaired) electrons. The number of hydrogen-bond donors (Lipinski definition) is 1. The maximum atomic E-state index is 11.8. The second kappa shape index (κ2) is 9.70. The summed E-state index contributed by atoms with van der Waals surface area (Å²) in [6.07, 6.45) is 0. The minimum Gasteiger partial charge on any atom is -0.455 e. The summed E-state index contributed by atoms with van der Waals surface area (Å²) in [4.78, 5) is 23.5. The quantitative estimate of drug-likeness (QED) is 0.686. The van der Waals surface area contributed by atoms with E-state index in [9.17, 15) is 9.59 Å². The highest BCUT2D eigenvalue weighted by molar-refractivity contribution is 7.99. The zero-order valence-electron chi connectivity index (χ0n) is 13.6. The zero-order chi connectivity index (χ0) is 18.2. The van der Waals surface area contributed by atoms with Crippen molar-refractivity contribution in [3.05, 3.63) is 63.6 Å². The number of para-hydroxylation sites is 1. The number of thioether (sulfide) groups is 1. The van der Waals surface area contributed by atoms with Gasteiger partial charge in [0, 0.05) is 11.4 Å². The number of amides is 1. The second-order valence-corrected chi connectivity index (χ2v) is 7.07. The van der Waals surface area contributed by atoms with Crippen molar-refractivity contribution in [3.63, 3.8) is 0 Å². The van der Waals surface area contributed by atoms with Gasteiger partial charge in [-0.15, -0.1) is 11.8 Å². The first kappa shape index (κ1) is 19.6. The SMILES string of the molecule is Cc1ccccc1NC(=O)COC(=O)CSCc1ccc(Cl)c(Cl)c1. The van der Waals surface area contributed by atoms with E-state index in [1.54, 1.807) is 18.2 Å². The maximum Gasteiger partial charge on any atom is 0.316 e. The predicted octanol–water partition coefficient (Wildman–Crippen LogP) is 4.72. The molecule has 25 heavy (non-hydrogen) atoms. The van der Waals surface area contributed by atoms with Gasteiger partial charge in [0.15, 0.2) is 6.61 Å². The Balaban J connectivity index is 1.69.